The maximum atomic E-state index is 6.04. The second kappa shape index (κ2) is 5.66. The third kappa shape index (κ3) is 2.51. The molecule has 21 heavy (non-hydrogen) atoms. The lowest BCUT2D eigenvalue weighted by atomic mass is 10.2. The molecule has 108 valence electrons. The Hall–Kier alpha value is -1.59. The predicted octanol–water partition coefficient (Wildman–Crippen LogP) is 4.24. The van der Waals surface area contributed by atoms with Crippen LogP contribution in [0.4, 0.5) is 0 Å². The number of hydrogen-bond donors (Lipinski definition) is 0. The van der Waals surface area contributed by atoms with Crippen molar-refractivity contribution in [3.05, 3.63) is 46.2 Å². The van der Waals surface area contributed by atoms with Crippen molar-refractivity contribution in [2.45, 2.75) is 12.8 Å². The second-order valence-electron chi connectivity index (χ2n) is 4.63. The lowest BCUT2D eigenvalue weighted by Crippen LogP contribution is -2.01. The van der Waals surface area contributed by atoms with Gasteiger partial charge in [0.15, 0.2) is 5.65 Å². The second-order valence-corrected chi connectivity index (χ2v) is 5.75. The molecule has 4 nitrogen and oxygen atoms in total. The fourth-order valence-corrected chi connectivity index (χ4v) is 2.73. The van der Waals surface area contributed by atoms with Gasteiger partial charge in [-0.05, 0) is 30.7 Å². The maximum absolute atomic E-state index is 6.04. The van der Waals surface area contributed by atoms with Crippen LogP contribution in [-0.2, 0) is 5.88 Å². The molecule has 3 rings (SSSR count). The third-order valence-corrected chi connectivity index (χ3v) is 4.38. The molecule has 0 aliphatic rings. The lowest BCUT2D eigenvalue weighted by Gasteiger charge is -2.09. The molecule has 0 N–H and O–H groups in total. The Kier molecular flexibility index (Phi) is 3.87. The van der Waals surface area contributed by atoms with Crippen molar-refractivity contribution < 1.29 is 4.74 Å². The van der Waals surface area contributed by atoms with Gasteiger partial charge in [0.05, 0.1) is 18.7 Å². The average Bonchev–Trinajstić information content (AvgIpc) is 2.87. The molecule has 2 aromatic heterocycles. The fourth-order valence-electron chi connectivity index (χ4n) is 2.18. The SMILES string of the molecule is COc1ccc2nc(CCl)n(-c3ccc(C)c(Br)c3)c2n1. The van der Waals surface area contributed by atoms with Crippen LogP contribution >= 0.6 is 27.5 Å². The first kappa shape index (κ1) is 14.4. The molecule has 0 amide bonds. The molecule has 0 bridgehead atoms. The number of imidazole rings is 1. The lowest BCUT2D eigenvalue weighted by molar-refractivity contribution is 0.399. The Balaban J connectivity index is 2.30. The highest BCUT2D eigenvalue weighted by Crippen LogP contribution is 2.26. The van der Waals surface area contributed by atoms with Gasteiger partial charge in [-0.3, -0.25) is 4.57 Å². The molecule has 0 atom stereocenters. The van der Waals surface area contributed by atoms with Crippen molar-refractivity contribution in [2.24, 2.45) is 0 Å². The van der Waals surface area contributed by atoms with Crippen molar-refractivity contribution in [3.63, 3.8) is 0 Å². The molecule has 3 aromatic rings. The first-order valence-electron chi connectivity index (χ1n) is 6.39. The summed E-state index contributed by atoms with van der Waals surface area (Å²) in [4.78, 5) is 9.03. The highest BCUT2D eigenvalue weighted by atomic mass is 79.9. The number of aromatic nitrogens is 3. The summed E-state index contributed by atoms with van der Waals surface area (Å²) in [7, 11) is 1.60. The number of methoxy groups -OCH3 is 1. The maximum Gasteiger partial charge on any atom is 0.215 e. The quantitative estimate of drug-likeness (QED) is 0.651. The molecule has 2 heterocycles. The minimum absolute atomic E-state index is 0.310. The minimum Gasteiger partial charge on any atom is -0.481 e. The summed E-state index contributed by atoms with van der Waals surface area (Å²) in [6.45, 7) is 2.05. The van der Waals surface area contributed by atoms with Crippen molar-refractivity contribution in [2.75, 3.05) is 7.11 Å². The first-order chi connectivity index (χ1) is 10.1. The van der Waals surface area contributed by atoms with Gasteiger partial charge >= 0.3 is 0 Å². The van der Waals surface area contributed by atoms with Crippen LogP contribution in [0, 0.1) is 6.92 Å². The van der Waals surface area contributed by atoms with Crippen LogP contribution in [0.3, 0.4) is 0 Å². The van der Waals surface area contributed by atoms with E-state index in [0.717, 1.165) is 27.1 Å². The molecule has 0 aliphatic carbocycles. The molecule has 6 heteroatoms. The predicted molar refractivity (Wildman–Crippen MR) is 87.4 cm³/mol. The number of pyridine rings is 1. The Morgan fingerprint density at radius 2 is 2.05 bits per heavy atom. The molecule has 0 saturated carbocycles. The van der Waals surface area contributed by atoms with Crippen molar-refractivity contribution in [1.29, 1.82) is 0 Å². The summed E-state index contributed by atoms with van der Waals surface area (Å²) in [5.41, 5.74) is 3.66. The number of aryl methyl sites for hydroxylation is 1. The summed E-state index contributed by atoms with van der Waals surface area (Å²) in [6.07, 6.45) is 0. The summed E-state index contributed by atoms with van der Waals surface area (Å²) in [6, 6.07) is 9.79. The van der Waals surface area contributed by atoms with E-state index in [-0.39, 0.29) is 0 Å². The van der Waals surface area contributed by atoms with Gasteiger partial charge in [-0.15, -0.1) is 11.6 Å². The van der Waals surface area contributed by atoms with Gasteiger partial charge in [-0.25, -0.2) is 4.98 Å². The molecule has 0 saturated heterocycles. The zero-order valence-corrected chi connectivity index (χ0v) is 13.9. The van der Waals surface area contributed by atoms with Gasteiger partial charge in [0, 0.05) is 10.5 Å². The normalized spacial score (nSPS) is 11.0. The van der Waals surface area contributed by atoms with Crippen molar-refractivity contribution in [3.8, 4) is 11.6 Å². The van der Waals surface area contributed by atoms with Crippen LogP contribution in [0.2, 0.25) is 0 Å². The molecular weight excluding hydrogens is 354 g/mol. The van der Waals surface area contributed by atoms with Crippen LogP contribution < -0.4 is 4.74 Å². The molecule has 0 radical (unpaired) electrons. The van der Waals surface area contributed by atoms with E-state index < -0.39 is 0 Å². The molecule has 0 unspecified atom stereocenters. The van der Waals surface area contributed by atoms with E-state index in [1.165, 1.54) is 5.56 Å². The number of benzene rings is 1. The minimum atomic E-state index is 0.310. The number of rotatable bonds is 3. The highest BCUT2D eigenvalue weighted by molar-refractivity contribution is 9.10. The molecule has 0 aliphatic heterocycles. The largest absolute Gasteiger partial charge is 0.481 e. The Labute approximate surface area is 135 Å². The molecule has 0 spiro atoms. The van der Waals surface area contributed by atoms with Crippen molar-refractivity contribution >= 4 is 38.7 Å². The number of nitrogens with zero attached hydrogens (tertiary/aromatic N) is 3. The molecular formula is C15H13BrClN3O. The number of alkyl halides is 1. The van der Waals surface area contributed by atoms with Crippen LogP contribution in [0.15, 0.2) is 34.8 Å². The van der Waals surface area contributed by atoms with E-state index >= 15 is 0 Å². The smallest absolute Gasteiger partial charge is 0.215 e. The van der Waals surface area contributed by atoms with Crippen LogP contribution in [0.1, 0.15) is 11.4 Å². The third-order valence-electron chi connectivity index (χ3n) is 3.29. The van der Waals surface area contributed by atoms with Crippen molar-refractivity contribution in [1.82, 2.24) is 14.5 Å². The van der Waals surface area contributed by atoms with Gasteiger partial charge in [-0.2, -0.15) is 4.98 Å². The number of halogens is 2. The Bertz CT molecular complexity index is 816. The monoisotopic (exact) mass is 365 g/mol. The van der Waals surface area contributed by atoms with Gasteiger partial charge in [0.2, 0.25) is 5.88 Å². The summed E-state index contributed by atoms with van der Waals surface area (Å²) in [5.74, 6) is 1.61. The van der Waals surface area contributed by atoms with Crippen LogP contribution in [-0.4, -0.2) is 21.6 Å². The standard InChI is InChI=1S/C15H13BrClN3O/c1-9-3-4-10(7-11(9)16)20-13(8-17)18-12-5-6-14(21-2)19-15(12)20/h3-7H,8H2,1-2H3. The highest BCUT2D eigenvalue weighted by Gasteiger charge is 2.14. The summed E-state index contributed by atoms with van der Waals surface area (Å²) in [5, 5.41) is 0. The van der Waals surface area contributed by atoms with E-state index in [0.29, 0.717) is 11.8 Å². The zero-order chi connectivity index (χ0) is 15.0. The van der Waals surface area contributed by atoms with E-state index in [4.69, 9.17) is 16.3 Å². The van der Waals surface area contributed by atoms with Gasteiger partial charge < -0.3 is 4.74 Å². The van der Waals surface area contributed by atoms with Crippen LogP contribution in [0.25, 0.3) is 16.9 Å². The topological polar surface area (TPSA) is 39.9 Å². The molecule has 0 fully saturated rings. The fraction of sp³-hybridized carbons (Fsp3) is 0.200. The number of ether oxygens (including phenoxy) is 1. The van der Waals surface area contributed by atoms with Crippen LogP contribution in [0.5, 0.6) is 5.88 Å². The number of fused-ring (bicyclic) bond motifs is 1. The first-order valence-corrected chi connectivity index (χ1v) is 7.71. The van der Waals surface area contributed by atoms with Gasteiger partial charge in [0.25, 0.3) is 0 Å². The van der Waals surface area contributed by atoms with E-state index in [1.807, 2.05) is 35.8 Å². The van der Waals surface area contributed by atoms with Gasteiger partial charge in [-0.1, -0.05) is 22.0 Å². The Morgan fingerprint density at radius 3 is 2.71 bits per heavy atom. The average molecular weight is 367 g/mol. The van der Waals surface area contributed by atoms with E-state index in [2.05, 4.69) is 25.9 Å². The number of hydrogen-bond acceptors (Lipinski definition) is 3. The zero-order valence-electron chi connectivity index (χ0n) is 11.6. The van der Waals surface area contributed by atoms with E-state index in [1.54, 1.807) is 13.2 Å². The Morgan fingerprint density at radius 1 is 1.24 bits per heavy atom. The van der Waals surface area contributed by atoms with Gasteiger partial charge in [0.1, 0.15) is 11.3 Å². The van der Waals surface area contributed by atoms with E-state index in [9.17, 15) is 0 Å². The summed E-state index contributed by atoms with van der Waals surface area (Å²) >= 11 is 9.60. The summed E-state index contributed by atoms with van der Waals surface area (Å²) < 4.78 is 8.19. The molecule has 1 aromatic carbocycles.